The minimum Gasteiger partial charge on any atom is -0.478 e. The molecule has 1 aromatic carbocycles. The summed E-state index contributed by atoms with van der Waals surface area (Å²) in [7, 11) is 0. The Hall–Kier alpha value is -2.89. The van der Waals surface area contributed by atoms with E-state index in [9.17, 15) is 29.4 Å². The summed E-state index contributed by atoms with van der Waals surface area (Å²) in [5.74, 6) is -3.79. The molecule has 5 N–H and O–H groups in total. The van der Waals surface area contributed by atoms with Crippen molar-refractivity contribution >= 4 is 41.2 Å². The van der Waals surface area contributed by atoms with Crippen molar-refractivity contribution in [2.24, 2.45) is 11.8 Å². The lowest BCUT2D eigenvalue weighted by molar-refractivity contribution is -0.163. The second-order valence-electron chi connectivity index (χ2n) is 8.58. The van der Waals surface area contributed by atoms with Gasteiger partial charge in [-0.05, 0) is 31.5 Å². The molecule has 4 rings (SSSR count). The average molecular weight is 476 g/mol. The molecule has 3 heterocycles. The third-order valence-corrected chi connectivity index (χ3v) is 7.90. The van der Waals surface area contributed by atoms with E-state index < -0.39 is 30.0 Å². The molecule has 11 heteroatoms. The zero-order valence-corrected chi connectivity index (χ0v) is 18.8. The number of hydrogen-bond acceptors (Lipinski definition) is 7. The van der Waals surface area contributed by atoms with Crippen LogP contribution in [0.5, 0.6) is 0 Å². The maximum atomic E-state index is 12.7. The van der Waals surface area contributed by atoms with Gasteiger partial charge in [-0.25, -0.2) is 9.59 Å². The molecule has 6 atom stereocenters. The number of aromatic carboxylic acids is 1. The first-order valence-corrected chi connectivity index (χ1v) is 11.5. The highest BCUT2D eigenvalue weighted by Crippen LogP contribution is 2.51. The standard InChI is InChI=1S/C22H25N3O7S/c1-9-16-15(10(2)26)20(28)25(16)17(22(31)32)18(9)33-13-7-14(23-8-13)19(27)24-12-5-3-4-11(6-12)21(29)30/h3-6,9-10,13-16,23,26H,7-8H2,1-2H3,(H,24,27)(H,29,30)(H,31,32)/t9?,10-,13-,14-,15+,16+/m0/s1. The van der Waals surface area contributed by atoms with E-state index in [1.54, 1.807) is 12.1 Å². The number of amides is 2. The van der Waals surface area contributed by atoms with Gasteiger partial charge >= 0.3 is 11.9 Å². The molecule has 0 radical (unpaired) electrons. The fourth-order valence-electron chi connectivity index (χ4n) is 4.81. The number of carbonyl (C=O) groups excluding carboxylic acids is 2. The van der Waals surface area contributed by atoms with Gasteiger partial charge in [0.15, 0.2) is 0 Å². The number of hydrogen-bond donors (Lipinski definition) is 5. The molecule has 0 saturated carbocycles. The Kier molecular flexibility index (Phi) is 6.21. The fraction of sp³-hybridized carbons (Fsp3) is 0.455. The van der Waals surface area contributed by atoms with Gasteiger partial charge in [0, 0.05) is 28.3 Å². The monoisotopic (exact) mass is 475 g/mol. The SMILES string of the molecule is CC1C(S[C@@H]2CN[C@H](C(=O)Nc3cccc(C(=O)O)c3)C2)=C(C(=O)O)N2C(=O)[C@H]([C@H](C)O)[C@@H]12. The van der Waals surface area contributed by atoms with Crippen molar-refractivity contribution in [3.05, 3.63) is 40.4 Å². The number of benzene rings is 1. The van der Waals surface area contributed by atoms with Crippen LogP contribution in [0.4, 0.5) is 5.69 Å². The molecule has 0 aliphatic carbocycles. The number of carbonyl (C=O) groups is 4. The molecule has 0 bridgehead atoms. The van der Waals surface area contributed by atoms with Crippen LogP contribution >= 0.6 is 11.8 Å². The highest BCUT2D eigenvalue weighted by molar-refractivity contribution is 8.03. The molecular formula is C22H25N3O7S. The summed E-state index contributed by atoms with van der Waals surface area (Å²) in [6.07, 6.45) is -0.419. The van der Waals surface area contributed by atoms with Gasteiger partial charge in [0.05, 0.1) is 29.7 Å². The minimum absolute atomic E-state index is 0.0298. The summed E-state index contributed by atoms with van der Waals surface area (Å²) in [4.78, 5) is 50.1. The molecule has 2 fully saturated rings. The maximum absolute atomic E-state index is 12.7. The third-order valence-electron chi connectivity index (χ3n) is 6.39. The van der Waals surface area contributed by atoms with Crippen molar-refractivity contribution in [3.8, 4) is 0 Å². The highest BCUT2D eigenvalue weighted by Gasteiger charge is 2.60. The smallest absolute Gasteiger partial charge is 0.353 e. The van der Waals surface area contributed by atoms with Crippen LogP contribution in [-0.2, 0) is 14.4 Å². The first-order valence-electron chi connectivity index (χ1n) is 10.6. The normalized spacial score (nSPS) is 29.5. The fourth-order valence-corrected chi connectivity index (χ4v) is 6.29. The average Bonchev–Trinajstić information content (AvgIpc) is 3.30. The van der Waals surface area contributed by atoms with Crippen LogP contribution in [0.25, 0.3) is 0 Å². The number of carboxylic acid groups (broad SMARTS) is 2. The van der Waals surface area contributed by atoms with Crippen LogP contribution in [0.1, 0.15) is 30.6 Å². The molecule has 0 spiro atoms. The van der Waals surface area contributed by atoms with Crippen LogP contribution in [0.2, 0.25) is 0 Å². The van der Waals surface area contributed by atoms with Crippen molar-refractivity contribution in [1.82, 2.24) is 10.2 Å². The second-order valence-corrected chi connectivity index (χ2v) is 9.93. The number of fused-ring (bicyclic) bond motifs is 1. The molecule has 3 aliphatic heterocycles. The topological polar surface area (TPSA) is 156 Å². The first kappa shape index (κ1) is 23.3. The number of aliphatic hydroxyl groups is 1. The zero-order valence-electron chi connectivity index (χ0n) is 18.0. The molecule has 1 unspecified atom stereocenters. The van der Waals surface area contributed by atoms with Gasteiger partial charge in [0.25, 0.3) is 0 Å². The highest BCUT2D eigenvalue weighted by atomic mass is 32.2. The lowest BCUT2D eigenvalue weighted by Crippen LogP contribution is -2.63. The summed E-state index contributed by atoms with van der Waals surface area (Å²) in [5.41, 5.74) is 0.418. The van der Waals surface area contributed by atoms with E-state index in [0.717, 1.165) is 0 Å². The van der Waals surface area contributed by atoms with E-state index >= 15 is 0 Å². The molecule has 2 saturated heterocycles. The van der Waals surface area contributed by atoms with E-state index in [1.807, 2.05) is 6.92 Å². The summed E-state index contributed by atoms with van der Waals surface area (Å²) < 4.78 is 0. The van der Waals surface area contributed by atoms with Crippen LogP contribution in [-0.4, -0.2) is 74.0 Å². The van der Waals surface area contributed by atoms with E-state index in [4.69, 9.17) is 5.11 Å². The van der Waals surface area contributed by atoms with Crippen molar-refractivity contribution in [1.29, 1.82) is 0 Å². The Balaban J connectivity index is 1.43. The van der Waals surface area contributed by atoms with Gasteiger partial charge in [0.2, 0.25) is 11.8 Å². The van der Waals surface area contributed by atoms with Crippen LogP contribution in [0.15, 0.2) is 34.9 Å². The number of nitrogens with zero attached hydrogens (tertiary/aromatic N) is 1. The molecule has 0 aromatic heterocycles. The van der Waals surface area contributed by atoms with E-state index in [-0.39, 0.29) is 40.3 Å². The van der Waals surface area contributed by atoms with E-state index in [0.29, 0.717) is 23.6 Å². The molecule has 10 nitrogen and oxygen atoms in total. The van der Waals surface area contributed by atoms with Gasteiger partial charge in [-0.2, -0.15) is 0 Å². The summed E-state index contributed by atoms with van der Waals surface area (Å²) in [6.45, 7) is 3.87. The summed E-state index contributed by atoms with van der Waals surface area (Å²) in [6, 6.07) is 5.07. The Morgan fingerprint density at radius 2 is 1.97 bits per heavy atom. The Labute approximate surface area is 194 Å². The van der Waals surface area contributed by atoms with E-state index in [1.165, 1.54) is 35.7 Å². The van der Waals surface area contributed by atoms with Crippen molar-refractivity contribution in [2.75, 3.05) is 11.9 Å². The number of rotatable bonds is 7. The van der Waals surface area contributed by atoms with Crippen LogP contribution in [0.3, 0.4) is 0 Å². The molecule has 33 heavy (non-hydrogen) atoms. The molecule has 3 aliphatic rings. The predicted molar refractivity (Wildman–Crippen MR) is 119 cm³/mol. The predicted octanol–water partition coefficient (Wildman–Crippen LogP) is 0.941. The van der Waals surface area contributed by atoms with Crippen LogP contribution in [0, 0.1) is 11.8 Å². The van der Waals surface area contributed by atoms with Crippen molar-refractivity contribution < 1.29 is 34.5 Å². The van der Waals surface area contributed by atoms with Gasteiger partial charge < -0.3 is 30.9 Å². The Morgan fingerprint density at radius 3 is 2.61 bits per heavy atom. The van der Waals surface area contributed by atoms with Crippen molar-refractivity contribution in [3.63, 3.8) is 0 Å². The third kappa shape index (κ3) is 4.11. The van der Waals surface area contributed by atoms with E-state index in [2.05, 4.69) is 10.6 Å². The van der Waals surface area contributed by atoms with Gasteiger partial charge in [0.1, 0.15) is 5.70 Å². The lowest BCUT2D eigenvalue weighted by Gasteiger charge is -2.46. The van der Waals surface area contributed by atoms with Crippen LogP contribution < -0.4 is 10.6 Å². The largest absolute Gasteiger partial charge is 0.478 e. The Bertz CT molecular complexity index is 1060. The van der Waals surface area contributed by atoms with Gasteiger partial charge in [-0.1, -0.05) is 13.0 Å². The number of nitrogens with one attached hydrogen (secondary N) is 2. The van der Waals surface area contributed by atoms with Gasteiger partial charge in [-0.15, -0.1) is 11.8 Å². The Morgan fingerprint density at radius 1 is 1.24 bits per heavy atom. The second kappa shape index (κ2) is 8.81. The summed E-state index contributed by atoms with van der Waals surface area (Å²) >= 11 is 1.36. The molecule has 1 aromatic rings. The summed E-state index contributed by atoms with van der Waals surface area (Å²) in [5, 5.41) is 34.6. The first-order chi connectivity index (χ1) is 15.6. The number of anilines is 1. The molecular weight excluding hydrogens is 450 g/mol. The zero-order chi connectivity index (χ0) is 24.0. The number of aliphatic carboxylic acids is 1. The number of carboxylic acids is 2. The van der Waals surface area contributed by atoms with Gasteiger partial charge in [-0.3, -0.25) is 9.59 Å². The number of thioether (sulfide) groups is 1. The lowest BCUT2D eigenvalue weighted by atomic mass is 9.79. The molecule has 176 valence electrons. The molecule has 2 amide bonds. The number of aliphatic hydroxyl groups excluding tert-OH is 1. The quantitative estimate of drug-likeness (QED) is 0.362. The van der Waals surface area contributed by atoms with Crippen molar-refractivity contribution in [2.45, 2.75) is 43.7 Å². The maximum Gasteiger partial charge on any atom is 0.353 e. The number of β-lactam (4-membered cyclic amide) rings is 1. The minimum atomic E-state index is -1.18.